The first kappa shape index (κ1) is 13.8. The molecule has 0 aromatic rings. The Bertz CT molecular complexity index is 196. The summed E-state index contributed by atoms with van der Waals surface area (Å²) in [5, 5.41) is 3.24. The van der Waals surface area contributed by atoms with E-state index in [0.29, 0.717) is 12.0 Å². The summed E-state index contributed by atoms with van der Waals surface area (Å²) >= 11 is 0. The van der Waals surface area contributed by atoms with Crippen molar-refractivity contribution in [3.8, 4) is 0 Å². The van der Waals surface area contributed by atoms with Crippen LogP contribution in [-0.2, 0) is 4.74 Å². The molecular weight excluding hydrogens is 219 g/mol. The van der Waals surface area contributed by atoms with Gasteiger partial charge in [-0.15, -0.1) is 0 Å². The third-order valence-electron chi connectivity index (χ3n) is 3.12. The van der Waals surface area contributed by atoms with Crippen LogP contribution < -0.4 is 5.32 Å². The highest BCUT2D eigenvalue weighted by Crippen LogP contribution is 2.29. The molecule has 0 aromatic carbocycles. The second kappa shape index (κ2) is 6.45. The maximum absolute atomic E-state index is 11.7. The van der Waals surface area contributed by atoms with Gasteiger partial charge >= 0.3 is 6.18 Å². The number of hydrogen-bond donors (Lipinski definition) is 1. The monoisotopic (exact) mass is 239 g/mol. The average Bonchev–Trinajstić information content (AvgIpc) is 2.63. The maximum Gasteiger partial charge on any atom is 0.411 e. The normalized spacial score (nSPS) is 26.2. The largest absolute Gasteiger partial charge is 0.411 e. The highest BCUT2D eigenvalue weighted by atomic mass is 19.4. The Balaban J connectivity index is 1.96. The van der Waals surface area contributed by atoms with Crippen LogP contribution in [0.15, 0.2) is 0 Å². The fourth-order valence-corrected chi connectivity index (χ4v) is 2.26. The molecule has 1 aliphatic carbocycles. The summed E-state index contributed by atoms with van der Waals surface area (Å²) in [5.41, 5.74) is 0. The van der Waals surface area contributed by atoms with Crippen LogP contribution in [0.5, 0.6) is 0 Å². The minimum absolute atomic E-state index is 0.222. The molecule has 1 rings (SSSR count). The van der Waals surface area contributed by atoms with Crippen molar-refractivity contribution < 1.29 is 17.9 Å². The minimum atomic E-state index is -4.19. The van der Waals surface area contributed by atoms with Gasteiger partial charge in [-0.25, -0.2) is 0 Å². The molecule has 5 heteroatoms. The van der Waals surface area contributed by atoms with Gasteiger partial charge in [0.15, 0.2) is 0 Å². The van der Waals surface area contributed by atoms with Crippen molar-refractivity contribution in [2.75, 3.05) is 20.3 Å². The Kier molecular flexibility index (Phi) is 5.55. The Labute approximate surface area is 94.5 Å². The molecule has 0 bridgehead atoms. The molecule has 0 saturated heterocycles. The van der Waals surface area contributed by atoms with Gasteiger partial charge in [0.05, 0.1) is 0 Å². The van der Waals surface area contributed by atoms with Crippen LogP contribution >= 0.6 is 0 Å². The van der Waals surface area contributed by atoms with E-state index in [1.807, 2.05) is 7.05 Å². The first-order valence-electron chi connectivity index (χ1n) is 5.83. The Morgan fingerprint density at radius 2 is 2.06 bits per heavy atom. The molecule has 16 heavy (non-hydrogen) atoms. The Morgan fingerprint density at radius 3 is 2.62 bits per heavy atom. The van der Waals surface area contributed by atoms with Gasteiger partial charge in [-0.1, -0.05) is 0 Å². The van der Waals surface area contributed by atoms with Crippen molar-refractivity contribution in [2.24, 2.45) is 5.92 Å². The van der Waals surface area contributed by atoms with E-state index in [-0.39, 0.29) is 6.61 Å². The van der Waals surface area contributed by atoms with E-state index in [4.69, 9.17) is 0 Å². The lowest BCUT2D eigenvalue weighted by Crippen LogP contribution is -2.21. The molecule has 1 aliphatic rings. The van der Waals surface area contributed by atoms with Crippen LogP contribution in [0, 0.1) is 5.92 Å². The Morgan fingerprint density at radius 1 is 1.31 bits per heavy atom. The zero-order valence-electron chi connectivity index (χ0n) is 9.65. The fraction of sp³-hybridized carbons (Fsp3) is 1.00. The Hall–Kier alpha value is -0.290. The zero-order valence-corrected chi connectivity index (χ0v) is 9.65. The predicted molar refractivity (Wildman–Crippen MR) is 56.3 cm³/mol. The van der Waals surface area contributed by atoms with Gasteiger partial charge < -0.3 is 10.1 Å². The summed E-state index contributed by atoms with van der Waals surface area (Å²) in [6.07, 6.45) is 1.04. The fourth-order valence-electron chi connectivity index (χ4n) is 2.26. The standard InChI is InChI=1S/C11H20F3NO/c1-15-10-5-4-9(7-10)3-2-6-16-8-11(12,13)14/h9-10,15H,2-8H2,1H3. The molecule has 96 valence electrons. The lowest BCUT2D eigenvalue weighted by molar-refractivity contribution is -0.174. The topological polar surface area (TPSA) is 21.3 Å². The molecule has 1 fully saturated rings. The quantitative estimate of drug-likeness (QED) is 0.720. The number of nitrogens with one attached hydrogen (secondary N) is 1. The summed E-state index contributed by atoms with van der Waals surface area (Å²) in [5.74, 6) is 0.659. The molecule has 1 N–H and O–H groups in total. The highest BCUT2D eigenvalue weighted by molar-refractivity contribution is 4.79. The first-order chi connectivity index (χ1) is 7.51. The molecule has 0 aliphatic heterocycles. The molecule has 2 atom stereocenters. The summed E-state index contributed by atoms with van der Waals surface area (Å²) in [6.45, 7) is -0.892. The minimum Gasteiger partial charge on any atom is -0.372 e. The highest BCUT2D eigenvalue weighted by Gasteiger charge is 2.27. The summed E-state index contributed by atoms with van der Waals surface area (Å²) in [7, 11) is 1.96. The lowest BCUT2D eigenvalue weighted by Gasteiger charge is -2.11. The second-order valence-electron chi connectivity index (χ2n) is 4.47. The molecule has 0 radical (unpaired) electrons. The summed E-state index contributed by atoms with van der Waals surface area (Å²) in [4.78, 5) is 0. The van der Waals surface area contributed by atoms with E-state index in [9.17, 15) is 13.2 Å². The predicted octanol–water partition coefficient (Wildman–Crippen LogP) is 2.73. The molecule has 0 heterocycles. The third-order valence-corrected chi connectivity index (χ3v) is 3.12. The van der Waals surface area contributed by atoms with Crippen LogP contribution in [0.3, 0.4) is 0 Å². The molecule has 2 nitrogen and oxygen atoms in total. The number of rotatable bonds is 6. The number of alkyl halides is 3. The van der Waals surface area contributed by atoms with Crippen LogP contribution in [0.25, 0.3) is 0 Å². The van der Waals surface area contributed by atoms with Gasteiger partial charge in [0.25, 0.3) is 0 Å². The van der Waals surface area contributed by atoms with Crippen molar-refractivity contribution >= 4 is 0 Å². The number of ether oxygens (including phenoxy) is 1. The lowest BCUT2D eigenvalue weighted by atomic mass is 10.0. The average molecular weight is 239 g/mol. The van der Waals surface area contributed by atoms with Crippen LogP contribution in [0.4, 0.5) is 13.2 Å². The summed E-state index contributed by atoms with van der Waals surface area (Å²) < 4.78 is 39.8. The van der Waals surface area contributed by atoms with Crippen LogP contribution in [-0.4, -0.2) is 32.5 Å². The molecule has 0 spiro atoms. The zero-order chi connectivity index (χ0) is 12.0. The van der Waals surface area contributed by atoms with Crippen molar-refractivity contribution in [3.63, 3.8) is 0 Å². The number of halogens is 3. The van der Waals surface area contributed by atoms with E-state index >= 15 is 0 Å². The molecular formula is C11H20F3NO. The van der Waals surface area contributed by atoms with E-state index in [2.05, 4.69) is 10.1 Å². The molecule has 2 unspecified atom stereocenters. The van der Waals surface area contributed by atoms with E-state index in [1.165, 1.54) is 12.8 Å². The van der Waals surface area contributed by atoms with Crippen LogP contribution in [0.2, 0.25) is 0 Å². The molecule has 1 saturated carbocycles. The van der Waals surface area contributed by atoms with Gasteiger partial charge in [-0.3, -0.25) is 0 Å². The SMILES string of the molecule is CNC1CCC(CCCOCC(F)(F)F)C1. The van der Waals surface area contributed by atoms with Crippen molar-refractivity contribution in [2.45, 2.75) is 44.3 Å². The van der Waals surface area contributed by atoms with E-state index < -0.39 is 12.8 Å². The van der Waals surface area contributed by atoms with Gasteiger partial charge in [0.2, 0.25) is 0 Å². The van der Waals surface area contributed by atoms with Gasteiger partial charge in [0.1, 0.15) is 6.61 Å². The van der Waals surface area contributed by atoms with E-state index in [0.717, 1.165) is 19.3 Å². The molecule has 0 aromatic heterocycles. The first-order valence-corrected chi connectivity index (χ1v) is 5.83. The van der Waals surface area contributed by atoms with Crippen molar-refractivity contribution in [1.29, 1.82) is 0 Å². The second-order valence-corrected chi connectivity index (χ2v) is 4.47. The van der Waals surface area contributed by atoms with Crippen molar-refractivity contribution in [3.05, 3.63) is 0 Å². The third kappa shape index (κ3) is 5.70. The smallest absolute Gasteiger partial charge is 0.372 e. The van der Waals surface area contributed by atoms with Gasteiger partial charge in [-0.2, -0.15) is 13.2 Å². The maximum atomic E-state index is 11.7. The number of hydrogen-bond acceptors (Lipinski definition) is 2. The summed E-state index contributed by atoms with van der Waals surface area (Å²) in [6, 6.07) is 0.598. The van der Waals surface area contributed by atoms with Crippen LogP contribution in [0.1, 0.15) is 32.1 Å². The van der Waals surface area contributed by atoms with Gasteiger partial charge in [0, 0.05) is 12.6 Å². The van der Waals surface area contributed by atoms with E-state index in [1.54, 1.807) is 0 Å². The molecule has 0 amide bonds. The van der Waals surface area contributed by atoms with Gasteiger partial charge in [-0.05, 0) is 45.1 Å². The van der Waals surface area contributed by atoms with Crippen molar-refractivity contribution in [1.82, 2.24) is 5.32 Å².